The van der Waals surface area contributed by atoms with Crippen molar-refractivity contribution in [2.45, 2.75) is 0 Å². The van der Waals surface area contributed by atoms with Crippen LogP contribution in [0.1, 0.15) is 10.4 Å². The Hall–Kier alpha value is -1.97. The van der Waals surface area contributed by atoms with E-state index >= 15 is 0 Å². The van der Waals surface area contributed by atoms with Gasteiger partial charge in [0.05, 0.1) is 17.8 Å². The Morgan fingerprint density at radius 2 is 1.86 bits per heavy atom. The van der Waals surface area contributed by atoms with E-state index in [2.05, 4.69) is 5.32 Å². The summed E-state index contributed by atoms with van der Waals surface area (Å²) in [7, 11) is 1.58. The van der Waals surface area contributed by atoms with Crippen molar-refractivity contribution in [3.63, 3.8) is 0 Å². The van der Waals surface area contributed by atoms with Crippen LogP contribution >= 0.6 is 23.2 Å². The zero-order chi connectivity index (χ0) is 15.2. The number of methoxy groups -OCH3 is 1. The highest BCUT2D eigenvalue weighted by Crippen LogP contribution is 2.25. The van der Waals surface area contributed by atoms with Gasteiger partial charge in [-0.15, -0.1) is 0 Å². The second-order valence-electron chi connectivity index (χ2n) is 4.19. The van der Waals surface area contributed by atoms with Crippen LogP contribution in [0.4, 0.5) is 5.69 Å². The lowest BCUT2D eigenvalue weighted by atomic mass is 10.1. The summed E-state index contributed by atoms with van der Waals surface area (Å²) < 4.78 is 5.04. The van der Waals surface area contributed by atoms with Crippen LogP contribution in [-0.2, 0) is 0 Å². The maximum Gasteiger partial charge on any atom is 0.187 e. The minimum Gasteiger partial charge on any atom is -0.497 e. The number of carbonyl (C=O) groups excluding carboxylic acids is 1. The Labute approximate surface area is 133 Å². The van der Waals surface area contributed by atoms with Gasteiger partial charge in [0.1, 0.15) is 5.75 Å². The molecule has 21 heavy (non-hydrogen) atoms. The summed E-state index contributed by atoms with van der Waals surface area (Å²) >= 11 is 11.8. The Morgan fingerprint density at radius 1 is 1.14 bits per heavy atom. The summed E-state index contributed by atoms with van der Waals surface area (Å²) in [6.07, 6.45) is 2.98. The number of benzene rings is 2. The van der Waals surface area contributed by atoms with Gasteiger partial charge in [0.25, 0.3) is 0 Å². The number of ether oxygens (including phenoxy) is 1. The fraction of sp³-hybridized carbons (Fsp3) is 0.0625. The van der Waals surface area contributed by atoms with Crippen LogP contribution in [0.15, 0.2) is 54.7 Å². The maximum absolute atomic E-state index is 12.0. The lowest BCUT2D eigenvalue weighted by molar-refractivity contribution is 0.104. The monoisotopic (exact) mass is 321 g/mol. The number of hydrogen-bond donors (Lipinski definition) is 1. The Morgan fingerprint density at radius 3 is 2.48 bits per heavy atom. The molecule has 2 aromatic rings. The quantitative estimate of drug-likeness (QED) is 0.634. The molecule has 0 aliphatic heterocycles. The van der Waals surface area contributed by atoms with Gasteiger partial charge in [-0.2, -0.15) is 0 Å². The van der Waals surface area contributed by atoms with Crippen LogP contribution in [0.5, 0.6) is 5.75 Å². The zero-order valence-corrected chi connectivity index (χ0v) is 12.8. The van der Waals surface area contributed by atoms with Gasteiger partial charge in [0.2, 0.25) is 0 Å². The van der Waals surface area contributed by atoms with Gasteiger partial charge in [-0.05, 0) is 42.5 Å². The Balaban J connectivity index is 2.01. The predicted molar refractivity (Wildman–Crippen MR) is 86.5 cm³/mol. The summed E-state index contributed by atoms with van der Waals surface area (Å²) in [5.74, 6) is 0.594. The molecule has 0 amide bonds. The molecular formula is C16H13Cl2NO2. The molecule has 0 aliphatic rings. The molecule has 0 fully saturated rings. The van der Waals surface area contributed by atoms with Crippen molar-refractivity contribution in [2.24, 2.45) is 0 Å². The lowest BCUT2D eigenvalue weighted by Gasteiger charge is -2.04. The number of ketones is 1. The van der Waals surface area contributed by atoms with E-state index in [0.717, 1.165) is 0 Å². The third kappa shape index (κ3) is 4.25. The predicted octanol–water partition coefficient (Wildman–Crippen LogP) is 4.81. The number of nitrogens with one attached hydrogen (secondary N) is 1. The largest absolute Gasteiger partial charge is 0.497 e. The molecule has 0 saturated heterocycles. The molecule has 0 unspecified atom stereocenters. The van der Waals surface area contributed by atoms with E-state index in [9.17, 15) is 4.79 Å². The molecule has 0 bridgehead atoms. The molecule has 2 rings (SSSR count). The summed E-state index contributed by atoms with van der Waals surface area (Å²) in [4.78, 5) is 12.0. The highest BCUT2D eigenvalue weighted by molar-refractivity contribution is 6.36. The van der Waals surface area contributed by atoms with Gasteiger partial charge >= 0.3 is 0 Å². The fourth-order valence-electron chi connectivity index (χ4n) is 1.67. The van der Waals surface area contributed by atoms with Crippen molar-refractivity contribution >= 4 is 34.7 Å². The summed E-state index contributed by atoms with van der Waals surface area (Å²) in [6.45, 7) is 0. The smallest absolute Gasteiger partial charge is 0.187 e. The number of hydrogen-bond acceptors (Lipinski definition) is 3. The van der Waals surface area contributed by atoms with E-state index in [1.54, 1.807) is 55.8 Å². The molecule has 0 aromatic heterocycles. The molecule has 0 saturated carbocycles. The number of halogens is 2. The van der Waals surface area contributed by atoms with Gasteiger partial charge in [-0.3, -0.25) is 4.79 Å². The minimum absolute atomic E-state index is 0.116. The van der Waals surface area contributed by atoms with Crippen LogP contribution < -0.4 is 10.1 Å². The molecule has 3 nitrogen and oxygen atoms in total. The molecule has 108 valence electrons. The van der Waals surface area contributed by atoms with Crippen molar-refractivity contribution in [1.82, 2.24) is 0 Å². The highest BCUT2D eigenvalue weighted by atomic mass is 35.5. The average molecular weight is 322 g/mol. The lowest BCUT2D eigenvalue weighted by Crippen LogP contribution is -1.96. The summed E-state index contributed by atoms with van der Waals surface area (Å²) in [6, 6.07) is 12.0. The van der Waals surface area contributed by atoms with E-state index in [1.807, 2.05) is 0 Å². The summed E-state index contributed by atoms with van der Waals surface area (Å²) in [5.41, 5.74) is 1.26. The van der Waals surface area contributed by atoms with Gasteiger partial charge < -0.3 is 10.1 Å². The second-order valence-corrected chi connectivity index (χ2v) is 5.04. The fourth-order valence-corrected chi connectivity index (χ4v) is 2.13. The van der Waals surface area contributed by atoms with Crippen LogP contribution in [0, 0.1) is 0 Å². The molecule has 0 aliphatic carbocycles. The molecule has 5 heteroatoms. The zero-order valence-electron chi connectivity index (χ0n) is 11.3. The van der Waals surface area contributed by atoms with Crippen molar-refractivity contribution in [2.75, 3.05) is 12.4 Å². The molecule has 0 heterocycles. The standard InChI is InChI=1S/C16H13Cl2NO2/c1-21-13-5-2-11(3-6-13)16(20)8-9-19-15-7-4-12(17)10-14(15)18/h2-10,19H,1H3/b9-8+. The normalized spacial score (nSPS) is 10.6. The third-order valence-electron chi connectivity index (χ3n) is 2.78. The number of anilines is 1. The van der Waals surface area contributed by atoms with Crippen LogP contribution in [0.25, 0.3) is 0 Å². The molecule has 1 N–H and O–H groups in total. The van der Waals surface area contributed by atoms with Gasteiger partial charge in [-0.1, -0.05) is 23.2 Å². The topological polar surface area (TPSA) is 38.3 Å². The van der Waals surface area contributed by atoms with E-state index in [-0.39, 0.29) is 5.78 Å². The summed E-state index contributed by atoms with van der Waals surface area (Å²) in [5, 5.41) is 4.00. The Bertz CT molecular complexity index is 666. The van der Waals surface area contributed by atoms with Crippen molar-refractivity contribution in [3.8, 4) is 5.75 Å². The number of carbonyl (C=O) groups is 1. The van der Waals surface area contributed by atoms with Gasteiger partial charge in [-0.25, -0.2) is 0 Å². The van der Waals surface area contributed by atoms with E-state index in [0.29, 0.717) is 27.0 Å². The minimum atomic E-state index is -0.116. The SMILES string of the molecule is COc1ccc(C(=O)/C=C/Nc2ccc(Cl)cc2Cl)cc1. The van der Waals surface area contributed by atoms with E-state index in [4.69, 9.17) is 27.9 Å². The van der Waals surface area contributed by atoms with E-state index in [1.165, 1.54) is 6.08 Å². The second kappa shape index (κ2) is 7.16. The number of allylic oxidation sites excluding steroid dienone is 1. The van der Waals surface area contributed by atoms with Crippen molar-refractivity contribution < 1.29 is 9.53 Å². The first-order chi connectivity index (χ1) is 10.1. The van der Waals surface area contributed by atoms with Gasteiger partial charge in [0, 0.05) is 22.9 Å². The first-order valence-electron chi connectivity index (χ1n) is 6.16. The molecule has 0 spiro atoms. The molecular weight excluding hydrogens is 309 g/mol. The van der Waals surface area contributed by atoms with E-state index < -0.39 is 0 Å². The first-order valence-corrected chi connectivity index (χ1v) is 6.92. The Kier molecular flexibility index (Phi) is 5.26. The highest BCUT2D eigenvalue weighted by Gasteiger charge is 2.02. The van der Waals surface area contributed by atoms with Crippen molar-refractivity contribution in [1.29, 1.82) is 0 Å². The molecule has 0 atom stereocenters. The molecule has 2 aromatic carbocycles. The maximum atomic E-state index is 12.0. The van der Waals surface area contributed by atoms with Crippen molar-refractivity contribution in [3.05, 3.63) is 70.3 Å². The average Bonchev–Trinajstić information content (AvgIpc) is 2.49. The van der Waals surface area contributed by atoms with Crippen LogP contribution in [-0.4, -0.2) is 12.9 Å². The van der Waals surface area contributed by atoms with Gasteiger partial charge in [0.15, 0.2) is 5.78 Å². The van der Waals surface area contributed by atoms with Crippen LogP contribution in [0.2, 0.25) is 10.0 Å². The first kappa shape index (κ1) is 15.4. The molecule has 0 radical (unpaired) electrons. The number of rotatable bonds is 5. The third-order valence-corrected chi connectivity index (χ3v) is 3.33. The van der Waals surface area contributed by atoms with Crippen LogP contribution in [0.3, 0.4) is 0 Å².